The van der Waals surface area contributed by atoms with Crippen LogP contribution < -0.4 is 5.32 Å². The molecule has 1 aliphatic heterocycles. The predicted molar refractivity (Wildman–Crippen MR) is 78.7 cm³/mol. The van der Waals surface area contributed by atoms with Gasteiger partial charge in [0, 0.05) is 6.04 Å². The summed E-state index contributed by atoms with van der Waals surface area (Å²) >= 11 is 2.14. The van der Waals surface area contributed by atoms with Gasteiger partial charge in [0.2, 0.25) is 0 Å². The molecule has 0 aromatic heterocycles. The summed E-state index contributed by atoms with van der Waals surface area (Å²) in [5.74, 6) is 3.64. The molecule has 1 fully saturated rings. The van der Waals surface area contributed by atoms with Crippen LogP contribution in [0.15, 0.2) is 11.6 Å². The molecule has 1 aliphatic carbocycles. The van der Waals surface area contributed by atoms with Crippen LogP contribution in [0.4, 0.5) is 0 Å². The highest BCUT2D eigenvalue weighted by Gasteiger charge is 2.27. The van der Waals surface area contributed by atoms with Crippen molar-refractivity contribution in [2.24, 2.45) is 5.92 Å². The zero-order chi connectivity index (χ0) is 11.9. The molecular formula is C15H27NS. The van der Waals surface area contributed by atoms with Gasteiger partial charge in [-0.2, -0.15) is 11.8 Å². The minimum Gasteiger partial charge on any atom is -0.310 e. The molecule has 0 aromatic rings. The van der Waals surface area contributed by atoms with E-state index in [1.54, 1.807) is 5.57 Å². The maximum absolute atomic E-state index is 3.76. The lowest BCUT2D eigenvalue weighted by Crippen LogP contribution is -2.38. The fourth-order valence-corrected chi connectivity index (χ4v) is 4.43. The number of hydrogen-bond acceptors (Lipinski definition) is 2. The maximum Gasteiger partial charge on any atom is 0.0315 e. The van der Waals surface area contributed by atoms with Gasteiger partial charge in [-0.25, -0.2) is 0 Å². The summed E-state index contributed by atoms with van der Waals surface area (Å²) in [5.41, 5.74) is 1.74. The molecule has 1 nitrogen and oxygen atoms in total. The smallest absolute Gasteiger partial charge is 0.0315 e. The molecule has 2 atom stereocenters. The quantitative estimate of drug-likeness (QED) is 0.760. The molecule has 0 saturated carbocycles. The minimum absolute atomic E-state index is 0.688. The molecule has 1 N–H and O–H groups in total. The van der Waals surface area contributed by atoms with E-state index >= 15 is 0 Å². The van der Waals surface area contributed by atoms with E-state index < -0.39 is 0 Å². The van der Waals surface area contributed by atoms with E-state index in [0.29, 0.717) is 6.04 Å². The number of allylic oxidation sites excluding steroid dienone is 1. The molecule has 1 heterocycles. The third-order valence-electron chi connectivity index (χ3n) is 4.09. The first-order valence-corrected chi connectivity index (χ1v) is 8.57. The molecule has 2 rings (SSSR count). The second-order valence-corrected chi connectivity index (χ2v) is 6.54. The van der Waals surface area contributed by atoms with Crippen molar-refractivity contribution in [3.63, 3.8) is 0 Å². The molecular weight excluding hydrogens is 226 g/mol. The van der Waals surface area contributed by atoms with Crippen LogP contribution in [0.2, 0.25) is 0 Å². The summed E-state index contributed by atoms with van der Waals surface area (Å²) in [6.07, 6.45) is 12.3. The van der Waals surface area contributed by atoms with E-state index in [9.17, 15) is 0 Å². The highest BCUT2D eigenvalue weighted by Crippen LogP contribution is 2.32. The zero-order valence-corrected chi connectivity index (χ0v) is 12.0. The van der Waals surface area contributed by atoms with Crippen molar-refractivity contribution in [3.05, 3.63) is 11.6 Å². The fourth-order valence-electron chi connectivity index (χ4n) is 3.14. The van der Waals surface area contributed by atoms with E-state index in [1.165, 1.54) is 56.5 Å². The third-order valence-corrected chi connectivity index (χ3v) is 5.27. The Hall–Kier alpha value is 0.0500. The molecule has 0 amide bonds. The zero-order valence-electron chi connectivity index (χ0n) is 11.2. The highest BCUT2D eigenvalue weighted by atomic mass is 32.2. The van der Waals surface area contributed by atoms with Crippen LogP contribution in [-0.2, 0) is 0 Å². The Bertz CT molecular complexity index is 243. The lowest BCUT2D eigenvalue weighted by atomic mass is 9.87. The van der Waals surface area contributed by atoms with Gasteiger partial charge in [-0.3, -0.25) is 0 Å². The summed E-state index contributed by atoms with van der Waals surface area (Å²) in [7, 11) is 0. The third kappa shape index (κ3) is 4.03. The van der Waals surface area contributed by atoms with Gasteiger partial charge in [0.25, 0.3) is 0 Å². The van der Waals surface area contributed by atoms with Gasteiger partial charge in [0.05, 0.1) is 0 Å². The van der Waals surface area contributed by atoms with Gasteiger partial charge in [0.15, 0.2) is 0 Å². The van der Waals surface area contributed by atoms with E-state index in [1.807, 2.05) is 0 Å². The molecule has 98 valence electrons. The van der Waals surface area contributed by atoms with Crippen LogP contribution in [0.25, 0.3) is 0 Å². The number of rotatable bonds is 4. The molecule has 2 aliphatic rings. The van der Waals surface area contributed by atoms with E-state index in [-0.39, 0.29) is 0 Å². The van der Waals surface area contributed by atoms with Crippen molar-refractivity contribution < 1.29 is 0 Å². The average Bonchev–Trinajstić information content (AvgIpc) is 2.79. The lowest BCUT2D eigenvalue weighted by Gasteiger charge is -2.28. The summed E-state index contributed by atoms with van der Waals surface area (Å²) in [6.45, 7) is 3.36. The second-order valence-electron chi connectivity index (χ2n) is 5.39. The Kier molecular flexibility index (Phi) is 5.93. The topological polar surface area (TPSA) is 12.0 Å². The summed E-state index contributed by atoms with van der Waals surface area (Å²) in [6, 6.07) is 0.688. The molecule has 0 aromatic carbocycles. The van der Waals surface area contributed by atoms with Crippen molar-refractivity contribution in [1.29, 1.82) is 0 Å². The van der Waals surface area contributed by atoms with Gasteiger partial charge >= 0.3 is 0 Å². The Morgan fingerprint density at radius 1 is 1.35 bits per heavy atom. The monoisotopic (exact) mass is 253 g/mol. The Morgan fingerprint density at radius 3 is 3.00 bits per heavy atom. The minimum atomic E-state index is 0.688. The van der Waals surface area contributed by atoms with Gasteiger partial charge < -0.3 is 5.32 Å². The Labute approximate surface area is 111 Å². The van der Waals surface area contributed by atoms with Gasteiger partial charge in [-0.05, 0) is 56.1 Å². The van der Waals surface area contributed by atoms with Crippen molar-refractivity contribution in [3.8, 4) is 0 Å². The lowest BCUT2D eigenvalue weighted by molar-refractivity contribution is 0.417. The van der Waals surface area contributed by atoms with Crippen molar-refractivity contribution in [2.45, 2.75) is 57.9 Å². The summed E-state index contributed by atoms with van der Waals surface area (Å²) < 4.78 is 0. The van der Waals surface area contributed by atoms with Crippen LogP contribution in [0.1, 0.15) is 51.9 Å². The standard InChI is InChI=1S/C15H27NS/c1-2-16-15(14-10-11-17-12-14)13-8-6-4-3-5-7-9-13/h8,14-16H,2-7,9-12H2,1H3. The maximum atomic E-state index is 3.76. The summed E-state index contributed by atoms with van der Waals surface area (Å²) in [4.78, 5) is 0. The first kappa shape index (κ1) is 13.5. The number of likely N-dealkylation sites (N-methyl/N-ethyl adjacent to an activating group) is 1. The first-order chi connectivity index (χ1) is 8.42. The van der Waals surface area contributed by atoms with Crippen LogP contribution >= 0.6 is 11.8 Å². The largest absolute Gasteiger partial charge is 0.310 e. The van der Waals surface area contributed by atoms with Crippen molar-refractivity contribution >= 4 is 11.8 Å². The van der Waals surface area contributed by atoms with Crippen LogP contribution in [0.3, 0.4) is 0 Å². The van der Waals surface area contributed by atoms with Gasteiger partial charge in [-0.15, -0.1) is 0 Å². The second kappa shape index (κ2) is 7.48. The normalized spacial score (nSPS) is 28.3. The first-order valence-electron chi connectivity index (χ1n) is 7.42. The van der Waals surface area contributed by atoms with E-state index in [0.717, 1.165) is 12.5 Å². The van der Waals surface area contributed by atoms with Gasteiger partial charge in [0.1, 0.15) is 0 Å². The summed E-state index contributed by atoms with van der Waals surface area (Å²) in [5, 5.41) is 3.76. The Morgan fingerprint density at radius 2 is 2.24 bits per heavy atom. The van der Waals surface area contributed by atoms with Crippen LogP contribution in [0.5, 0.6) is 0 Å². The van der Waals surface area contributed by atoms with Crippen LogP contribution in [0, 0.1) is 5.92 Å². The highest BCUT2D eigenvalue weighted by molar-refractivity contribution is 7.99. The average molecular weight is 253 g/mol. The number of thioether (sulfide) groups is 1. The SMILES string of the molecule is CCNC(C1=CCCCCCC1)C1CCSC1. The number of nitrogens with one attached hydrogen (secondary N) is 1. The van der Waals surface area contributed by atoms with E-state index in [2.05, 4.69) is 30.1 Å². The van der Waals surface area contributed by atoms with E-state index in [4.69, 9.17) is 0 Å². The molecule has 0 bridgehead atoms. The molecule has 0 spiro atoms. The van der Waals surface area contributed by atoms with Crippen molar-refractivity contribution in [1.82, 2.24) is 5.32 Å². The molecule has 17 heavy (non-hydrogen) atoms. The molecule has 2 heteroatoms. The molecule has 1 saturated heterocycles. The predicted octanol–water partition coefficient (Wildman–Crippen LogP) is 4.00. The van der Waals surface area contributed by atoms with Crippen LogP contribution in [-0.4, -0.2) is 24.1 Å². The molecule has 2 unspecified atom stereocenters. The fraction of sp³-hybridized carbons (Fsp3) is 0.867. The molecule has 0 radical (unpaired) electrons. The van der Waals surface area contributed by atoms with Gasteiger partial charge in [-0.1, -0.05) is 31.4 Å². The Balaban J connectivity index is 2.01. The van der Waals surface area contributed by atoms with Crippen molar-refractivity contribution in [2.75, 3.05) is 18.1 Å². The number of hydrogen-bond donors (Lipinski definition) is 1.